The zero-order chi connectivity index (χ0) is 12.7. The van der Waals surface area contributed by atoms with E-state index >= 15 is 0 Å². The number of benzene rings is 1. The molecule has 3 heterocycles. The number of fused-ring (bicyclic) bond motifs is 3. The summed E-state index contributed by atoms with van der Waals surface area (Å²) >= 11 is 0. The van der Waals surface area contributed by atoms with Gasteiger partial charge < -0.3 is 15.1 Å². The highest BCUT2D eigenvalue weighted by atomic mass is 35.5. The highest BCUT2D eigenvalue weighted by Crippen LogP contribution is 2.34. The van der Waals surface area contributed by atoms with Crippen LogP contribution in [0.3, 0.4) is 0 Å². The Morgan fingerprint density at radius 2 is 1.80 bits per heavy atom. The fraction of sp³-hybridized carbons (Fsp3) is 0.429. The highest BCUT2D eigenvalue weighted by Gasteiger charge is 2.32. The fourth-order valence-corrected chi connectivity index (χ4v) is 2.91. The van der Waals surface area contributed by atoms with Crippen LogP contribution < -0.4 is 10.2 Å². The van der Waals surface area contributed by atoms with Gasteiger partial charge in [-0.2, -0.15) is 0 Å². The average Bonchev–Trinajstić information content (AvgIpc) is 2.97. The van der Waals surface area contributed by atoms with E-state index in [4.69, 9.17) is 4.99 Å². The van der Waals surface area contributed by atoms with Crippen LogP contribution in [0.15, 0.2) is 34.3 Å². The maximum absolute atomic E-state index is 4.85. The molecule has 1 saturated heterocycles. The number of hydrogen-bond donors (Lipinski definition) is 1. The quantitative estimate of drug-likeness (QED) is 0.783. The van der Waals surface area contributed by atoms with E-state index in [1.807, 2.05) is 0 Å². The Morgan fingerprint density at radius 1 is 1.00 bits per heavy atom. The van der Waals surface area contributed by atoms with Gasteiger partial charge in [-0.05, 0) is 12.1 Å². The minimum atomic E-state index is 0. The van der Waals surface area contributed by atoms with E-state index in [0.29, 0.717) is 0 Å². The molecule has 1 aromatic carbocycles. The first-order chi connectivity index (χ1) is 9.43. The molecule has 5 nitrogen and oxygen atoms in total. The third-order valence-corrected chi connectivity index (χ3v) is 3.86. The molecule has 0 spiro atoms. The molecule has 0 aromatic heterocycles. The molecule has 4 rings (SSSR count). The van der Waals surface area contributed by atoms with Crippen molar-refractivity contribution in [2.24, 2.45) is 9.98 Å². The van der Waals surface area contributed by atoms with Crippen LogP contribution in [0, 0.1) is 0 Å². The van der Waals surface area contributed by atoms with Gasteiger partial charge >= 0.3 is 0 Å². The Bertz CT molecular complexity index is 562. The van der Waals surface area contributed by atoms with Crippen molar-refractivity contribution in [2.45, 2.75) is 0 Å². The van der Waals surface area contributed by atoms with Crippen molar-refractivity contribution in [3.8, 4) is 0 Å². The molecule has 0 unspecified atom stereocenters. The summed E-state index contributed by atoms with van der Waals surface area (Å²) in [7, 11) is 0. The second kappa shape index (κ2) is 5.42. The first-order valence-corrected chi connectivity index (χ1v) is 6.89. The SMILES string of the molecule is Cl.c1ccc2c(c1)N=C(N1CCNCC1)C1=NCCN12. The summed E-state index contributed by atoms with van der Waals surface area (Å²) in [6.07, 6.45) is 0. The van der Waals surface area contributed by atoms with Gasteiger partial charge in [-0.25, -0.2) is 4.99 Å². The van der Waals surface area contributed by atoms with Gasteiger partial charge in [-0.15, -0.1) is 12.4 Å². The lowest BCUT2D eigenvalue weighted by atomic mass is 10.2. The summed E-state index contributed by atoms with van der Waals surface area (Å²) in [4.78, 5) is 14.2. The first kappa shape index (κ1) is 13.4. The minimum Gasteiger partial charge on any atom is -0.351 e. The second-order valence-electron chi connectivity index (χ2n) is 5.02. The number of amidine groups is 2. The van der Waals surface area contributed by atoms with E-state index in [0.717, 1.165) is 56.6 Å². The summed E-state index contributed by atoms with van der Waals surface area (Å²) in [5.74, 6) is 2.11. The van der Waals surface area contributed by atoms with Crippen LogP contribution >= 0.6 is 12.4 Å². The van der Waals surface area contributed by atoms with Crippen molar-refractivity contribution in [1.82, 2.24) is 10.2 Å². The molecule has 1 N–H and O–H groups in total. The van der Waals surface area contributed by atoms with E-state index < -0.39 is 0 Å². The van der Waals surface area contributed by atoms with Crippen LogP contribution in [-0.4, -0.2) is 55.8 Å². The smallest absolute Gasteiger partial charge is 0.172 e. The molecule has 0 saturated carbocycles. The maximum Gasteiger partial charge on any atom is 0.172 e. The molecule has 0 amide bonds. The van der Waals surface area contributed by atoms with E-state index in [-0.39, 0.29) is 12.4 Å². The summed E-state index contributed by atoms with van der Waals surface area (Å²) in [6, 6.07) is 8.34. The number of aliphatic imine (C=N–C) groups is 2. The number of nitrogens with one attached hydrogen (secondary N) is 1. The molecular formula is C14H18ClN5. The lowest BCUT2D eigenvalue weighted by Crippen LogP contribution is -2.52. The Labute approximate surface area is 124 Å². The predicted molar refractivity (Wildman–Crippen MR) is 84.9 cm³/mol. The van der Waals surface area contributed by atoms with Crippen LogP contribution in [0.2, 0.25) is 0 Å². The molecule has 3 aliphatic rings. The van der Waals surface area contributed by atoms with Gasteiger partial charge in [0.25, 0.3) is 0 Å². The third kappa shape index (κ3) is 2.07. The number of halogens is 1. The lowest BCUT2D eigenvalue weighted by Gasteiger charge is -2.35. The molecule has 106 valence electrons. The van der Waals surface area contributed by atoms with Crippen molar-refractivity contribution in [3.05, 3.63) is 24.3 Å². The molecule has 1 fully saturated rings. The minimum absolute atomic E-state index is 0. The van der Waals surface area contributed by atoms with Crippen LogP contribution in [0.5, 0.6) is 0 Å². The normalized spacial score (nSPS) is 20.6. The Hall–Kier alpha value is -1.59. The second-order valence-corrected chi connectivity index (χ2v) is 5.02. The number of hydrogen-bond acceptors (Lipinski definition) is 5. The van der Waals surface area contributed by atoms with Gasteiger partial charge in [0.2, 0.25) is 0 Å². The molecule has 0 bridgehead atoms. The number of rotatable bonds is 0. The van der Waals surface area contributed by atoms with Crippen molar-refractivity contribution >= 4 is 35.5 Å². The lowest BCUT2D eigenvalue weighted by molar-refractivity contribution is 0.360. The number of piperazine rings is 1. The van der Waals surface area contributed by atoms with Gasteiger partial charge in [-0.3, -0.25) is 4.99 Å². The largest absolute Gasteiger partial charge is 0.351 e. The van der Waals surface area contributed by atoms with Gasteiger partial charge in [0.15, 0.2) is 11.7 Å². The monoisotopic (exact) mass is 291 g/mol. The molecule has 3 aliphatic heterocycles. The van der Waals surface area contributed by atoms with Crippen molar-refractivity contribution in [1.29, 1.82) is 0 Å². The molecule has 0 aliphatic carbocycles. The first-order valence-electron chi connectivity index (χ1n) is 6.89. The summed E-state index contributed by atoms with van der Waals surface area (Å²) < 4.78 is 0. The molecule has 1 aromatic rings. The van der Waals surface area contributed by atoms with Crippen molar-refractivity contribution < 1.29 is 0 Å². The maximum atomic E-state index is 4.85. The Balaban J connectivity index is 0.00000121. The van der Waals surface area contributed by atoms with Crippen molar-refractivity contribution in [3.63, 3.8) is 0 Å². The van der Waals surface area contributed by atoms with E-state index in [1.54, 1.807) is 0 Å². The third-order valence-electron chi connectivity index (χ3n) is 3.86. The van der Waals surface area contributed by atoms with Crippen LogP contribution in [0.1, 0.15) is 0 Å². The van der Waals surface area contributed by atoms with Gasteiger partial charge in [0.1, 0.15) is 0 Å². The Morgan fingerprint density at radius 3 is 2.65 bits per heavy atom. The fourth-order valence-electron chi connectivity index (χ4n) is 2.91. The zero-order valence-corrected chi connectivity index (χ0v) is 12.1. The zero-order valence-electron chi connectivity index (χ0n) is 11.2. The summed E-state index contributed by atoms with van der Waals surface area (Å²) in [5, 5.41) is 3.38. The van der Waals surface area contributed by atoms with Crippen LogP contribution in [-0.2, 0) is 0 Å². The molecular weight excluding hydrogens is 274 g/mol. The van der Waals surface area contributed by atoms with Gasteiger partial charge in [-0.1, -0.05) is 12.1 Å². The van der Waals surface area contributed by atoms with E-state index in [1.165, 1.54) is 5.69 Å². The number of para-hydroxylation sites is 2. The standard InChI is InChI=1S/C14H17N5.ClH/c1-2-4-12-11(3-1)17-14(13-16-7-10-19(12)13)18-8-5-15-6-9-18;/h1-4,15H,5-10H2;1H. The van der Waals surface area contributed by atoms with E-state index in [9.17, 15) is 0 Å². The average molecular weight is 292 g/mol. The molecule has 20 heavy (non-hydrogen) atoms. The number of anilines is 1. The van der Waals surface area contributed by atoms with Crippen molar-refractivity contribution in [2.75, 3.05) is 44.2 Å². The van der Waals surface area contributed by atoms with Crippen LogP contribution in [0.4, 0.5) is 11.4 Å². The number of nitrogens with zero attached hydrogens (tertiary/aromatic N) is 4. The summed E-state index contributed by atoms with van der Waals surface area (Å²) in [5.41, 5.74) is 2.26. The molecule has 0 radical (unpaired) electrons. The van der Waals surface area contributed by atoms with Gasteiger partial charge in [0.05, 0.1) is 17.9 Å². The predicted octanol–water partition coefficient (Wildman–Crippen LogP) is 1.28. The van der Waals surface area contributed by atoms with Gasteiger partial charge in [0, 0.05) is 32.7 Å². The van der Waals surface area contributed by atoms with E-state index in [2.05, 4.69) is 44.4 Å². The Kier molecular flexibility index (Phi) is 3.63. The summed E-state index contributed by atoms with van der Waals surface area (Å²) in [6.45, 7) is 5.90. The topological polar surface area (TPSA) is 43.2 Å². The highest BCUT2D eigenvalue weighted by molar-refractivity contribution is 6.47. The van der Waals surface area contributed by atoms with Crippen LogP contribution in [0.25, 0.3) is 0 Å². The molecule has 0 atom stereocenters. The molecule has 6 heteroatoms.